The van der Waals surface area contributed by atoms with Crippen molar-refractivity contribution < 1.29 is 18.8 Å². The minimum absolute atomic E-state index is 0.0718. The van der Waals surface area contributed by atoms with Crippen LogP contribution in [0.15, 0.2) is 53.1 Å². The molecule has 0 bridgehead atoms. The molecule has 7 nitrogen and oxygen atoms in total. The Morgan fingerprint density at radius 1 is 1.03 bits per heavy atom. The fourth-order valence-corrected chi connectivity index (χ4v) is 2.73. The van der Waals surface area contributed by atoms with Crippen molar-refractivity contribution >= 4 is 23.4 Å². The van der Waals surface area contributed by atoms with Crippen LogP contribution in [0.2, 0.25) is 5.02 Å². The van der Waals surface area contributed by atoms with Crippen LogP contribution in [0.25, 0.3) is 0 Å². The smallest absolute Gasteiger partial charge is 0.269 e. The van der Waals surface area contributed by atoms with Crippen molar-refractivity contribution in [3.63, 3.8) is 0 Å². The van der Waals surface area contributed by atoms with E-state index in [1.54, 1.807) is 62.4 Å². The summed E-state index contributed by atoms with van der Waals surface area (Å²) < 4.78 is 10.7. The van der Waals surface area contributed by atoms with E-state index in [2.05, 4.69) is 16.0 Å². The van der Waals surface area contributed by atoms with Crippen LogP contribution >= 0.6 is 11.6 Å². The molecule has 2 amide bonds. The predicted molar refractivity (Wildman–Crippen MR) is 108 cm³/mol. The third-order valence-corrected chi connectivity index (χ3v) is 4.52. The van der Waals surface area contributed by atoms with Crippen molar-refractivity contribution in [3.8, 4) is 5.75 Å². The van der Waals surface area contributed by atoms with Gasteiger partial charge in [-0.25, -0.2) is 0 Å². The molecule has 0 unspecified atom stereocenters. The lowest BCUT2D eigenvalue weighted by atomic mass is 10.1. The standard InChI is InChI=1S/C21H20ClN3O4/c1-13-19(14(2)29-25-13)11-20(26)23-24-21(27)16-5-3-15(4-6-16)12-28-18-9-7-17(22)8-10-18/h3-10H,11-12H2,1-2H3,(H,23,26)(H,24,27). The number of rotatable bonds is 6. The average molecular weight is 414 g/mol. The Bertz CT molecular complexity index is 978. The van der Waals surface area contributed by atoms with Gasteiger partial charge in [0.05, 0.1) is 12.1 Å². The number of nitrogens with one attached hydrogen (secondary N) is 2. The van der Waals surface area contributed by atoms with E-state index in [1.807, 2.05) is 0 Å². The zero-order chi connectivity index (χ0) is 20.8. The van der Waals surface area contributed by atoms with E-state index in [-0.39, 0.29) is 12.3 Å². The highest BCUT2D eigenvalue weighted by atomic mass is 35.5. The Hall–Kier alpha value is -3.32. The van der Waals surface area contributed by atoms with Gasteiger partial charge in [-0.2, -0.15) is 0 Å². The molecule has 2 aromatic carbocycles. The topological polar surface area (TPSA) is 93.5 Å². The summed E-state index contributed by atoms with van der Waals surface area (Å²) >= 11 is 5.84. The number of hydrazine groups is 1. The molecule has 0 spiro atoms. The van der Waals surface area contributed by atoms with Gasteiger partial charge in [0, 0.05) is 16.1 Å². The molecule has 1 aromatic heterocycles. The van der Waals surface area contributed by atoms with Gasteiger partial charge in [0.25, 0.3) is 5.91 Å². The SMILES string of the molecule is Cc1noc(C)c1CC(=O)NNC(=O)c1ccc(COc2ccc(Cl)cc2)cc1. The lowest BCUT2D eigenvalue weighted by molar-refractivity contribution is -0.121. The normalized spacial score (nSPS) is 10.4. The summed E-state index contributed by atoms with van der Waals surface area (Å²) in [5.41, 5.74) is 7.48. The number of halogens is 1. The Kier molecular flexibility index (Phi) is 6.51. The van der Waals surface area contributed by atoms with Crippen molar-refractivity contribution in [2.45, 2.75) is 26.9 Å². The van der Waals surface area contributed by atoms with Crippen molar-refractivity contribution in [1.29, 1.82) is 0 Å². The number of carbonyl (C=O) groups excluding carboxylic acids is 2. The molecule has 29 heavy (non-hydrogen) atoms. The van der Waals surface area contributed by atoms with Gasteiger partial charge in [0.1, 0.15) is 18.1 Å². The maximum Gasteiger partial charge on any atom is 0.269 e. The molecule has 0 saturated heterocycles. The van der Waals surface area contributed by atoms with Crippen LogP contribution in [-0.4, -0.2) is 17.0 Å². The minimum atomic E-state index is -0.415. The summed E-state index contributed by atoms with van der Waals surface area (Å²) in [5, 5.41) is 4.44. The molecule has 0 fully saturated rings. The van der Waals surface area contributed by atoms with Crippen LogP contribution in [0.1, 0.15) is 32.9 Å². The van der Waals surface area contributed by atoms with E-state index in [9.17, 15) is 9.59 Å². The number of amides is 2. The first-order valence-corrected chi connectivity index (χ1v) is 9.28. The van der Waals surface area contributed by atoms with E-state index in [0.29, 0.717) is 40.0 Å². The second kappa shape index (κ2) is 9.25. The van der Waals surface area contributed by atoms with Crippen LogP contribution < -0.4 is 15.6 Å². The van der Waals surface area contributed by atoms with E-state index in [4.69, 9.17) is 20.9 Å². The molecule has 2 N–H and O–H groups in total. The molecule has 0 aliphatic rings. The highest BCUT2D eigenvalue weighted by molar-refractivity contribution is 6.30. The molecule has 0 saturated carbocycles. The lowest BCUT2D eigenvalue weighted by Crippen LogP contribution is -2.42. The fraction of sp³-hybridized carbons (Fsp3) is 0.190. The zero-order valence-electron chi connectivity index (χ0n) is 16.0. The summed E-state index contributed by atoms with van der Waals surface area (Å²) in [4.78, 5) is 24.2. The van der Waals surface area contributed by atoms with E-state index < -0.39 is 5.91 Å². The number of nitrogens with zero attached hydrogens (tertiary/aromatic N) is 1. The largest absolute Gasteiger partial charge is 0.489 e. The van der Waals surface area contributed by atoms with Crippen LogP contribution in [0.3, 0.4) is 0 Å². The maximum absolute atomic E-state index is 12.2. The van der Waals surface area contributed by atoms with Crippen molar-refractivity contribution in [3.05, 3.63) is 81.7 Å². The Labute approximate surface area is 173 Å². The molecular weight excluding hydrogens is 394 g/mol. The quantitative estimate of drug-likeness (QED) is 0.603. The second-order valence-corrected chi connectivity index (χ2v) is 6.86. The van der Waals surface area contributed by atoms with Gasteiger partial charge in [0.2, 0.25) is 5.91 Å². The average Bonchev–Trinajstić information content (AvgIpc) is 3.04. The third kappa shape index (κ3) is 5.58. The first-order valence-electron chi connectivity index (χ1n) is 8.90. The molecule has 0 aliphatic carbocycles. The Morgan fingerprint density at radius 3 is 2.34 bits per heavy atom. The fourth-order valence-electron chi connectivity index (χ4n) is 2.61. The molecule has 0 aliphatic heterocycles. The number of benzene rings is 2. The van der Waals surface area contributed by atoms with Gasteiger partial charge < -0.3 is 9.26 Å². The number of carbonyl (C=O) groups is 2. The third-order valence-electron chi connectivity index (χ3n) is 4.27. The minimum Gasteiger partial charge on any atom is -0.489 e. The molecule has 1 heterocycles. The first kappa shape index (κ1) is 20.4. The second-order valence-electron chi connectivity index (χ2n) is 6.42. The number of hydrogen-bond acceptors (Lipinski definition) is 5. The monoisotopic (exact) mass is 413 g/mol. The van der Waals surface area contributed by atoms with Gasteiger partial charge in [-0.05, 0) is 55.8 Å². The molecular formula is C21H20ClN3O4. The Balaban J connectivity index is 1.48. The molecule has 0 atom stereocenters. The predicted octanol–water partition coefficient (Wildman–Crippen LogP) is 3.53. The van der Waals surface area contributed by atoms with E-state index in [1.165, 1.54) is 0 Å². The van der Waals surface area contributed by atoms with E-state index >= 15 is 0 Å². The summed E-state index contributed by atoms with van der Waals surface area (Å²) in [6.07, 6.45) is 0.0718. The summed E-state index contributed by atoms with van der Waals surface area (Å²) in [6, 6.07) is 14.0. The van der Waals surface area contributed by atoms with E-state index in [0.717, 1.165) is 5.56 Å². The molecule has 3 aromatic rings. The highest BCUT2D eigenvalue weighted by Gasteiger charge is 2.14. The highest BCUT2D eigenvalue weighted by Crippen LogP contribution is 2.17. The van der Waals surface area contributed by atoms with Crippen LogP contribution in [0, 0.1) is 13.8 Å². The summed E-state index contributed by atoms with van der Waals surface area (Å²) in [6.45, 7) is 3.85. The van der Waals surface area contributed by atoms with Crippen molar-refractivity contribution in [2.75, 3.05) is 0 Å². The van der Waals surface area contributed by atoms with Gasteiger partial charge in [-0.1, -0.05) is 28.9 Å². The Morgan fingerprint density at radius 2 is 1.72 bits per heavy atom. The van der Waals surface area contributed by atoms with Gasteiger partial charge in [-0.15, -0.1) is 0 Å². The molecule has 0 radical (unpaired) electrons. The number of aryl methyl sites for hydroxylation is 2. The van der Waals surface area contributed by atoms with Gasteiger partial charge in [0.15, 0.2) is 0 Å². The lowest BCUT2D eigenvalue weighted by Gasteiger charge is -2.09. The maximum atomic E-state index is 12.2. The van der Waals surface area contributed by atoms with Crippen molar-refractivity contribution in [1.82, 2.24) is 16.0 Å². The van der Waals surface area contributed by atoms with Gasteiger partial charge >= 0.3 is 0 Å². The number of ether oxygens (including phenoxy) is 1. The van der Waals surface area contributed by atoms with Crippen molar-refractivity contribution in [2.24, 2.45) is 0 Å². The molecule has 3 rings (SSSR count). The number of hydrogen-bond donors (Lipinski definition) is 2. The summed E-state index contributed by atoms with van der Waals surface area (Å²) in [7, 11) is 0. The zero-order valence-corrected chi connectivity index (χ0v) is 16.7. The first-order chi connectivity index (χ1) is 13.9. The van der Waals surface area contributed by atoms with Gasteiger partial charge in [-0.3, -0.25) is 20.4 Å². The van der Waals surface area contributed by atoms with Crippen LogP contribution in [0.5, 0.6) is 5.75 Å². The van der Waals surface area contributed by atoms with Crippen LogP contribution in [-0.2, 0) is 17.8 Å². The summed E-state index contributed by atoms with van der Waals surface area (Å²) in [5.74, 6) is 0.514. The van der Waals surface area contributed by atoms with Crippen LogP contribution in [0.4, 0.5) is 0 Å². The number of aromatic nitrogens is 1. The molecule has 150 valence electrons. The molecule has 8 heteroatoms.